The Morgan fingerprint density at radius 2 is 1.94 bits per heavy atom. The molecule has 0 fully saturated rings. The minimum absolute atomic E-state index is 0.303. The molecule has 1 aromatic heterocycles. The molecule has 0 unspecified atom stereocenters. The Morgan fingerprint density at radius 3 is 2.62 bits per heavy atom. The smallest absolute Gasteiger partial charge is 0.224 e. The fourth-order valence-corrected chi connectivity index (χ4v) is 1.58. The number of hydrogen-bond acceptors (Lipinski definition) is 4. The molecule has 0 aliphatic heterocycles. The highest BCUT2D eigenvalue weighted by Crippen LogP contribution is 2.16. The number of aryl methyl sites for hydroxylation is 1. The molecule has 1 rings (SSSR count). The maximum atomic E-state index is 5.81. The molecule has 0 aromatic carbocycles. The van der Waals surface area contributed by atoms with Gasteiger partial charge in [-0.1, -0.05) is 6.92 Å². The van der Waals surface area contributed by atoms with E-state index in [-0.39, 0.29) is 0 Å². The van der Waals surface area contributed by atoms with Crippen molar-refractivity contribution in [3.63, 3.8) is 0 Å². The quantitative estimate of drug-likeness (QED) is 0.593. The third kappa shape index (κ3) is 3.94. The molecule has 0 spiro atoms. The molecule has 0 radical (unpaired) electrons. The van der Waals surface area contributed by atoms with Gasteiger partial charge < -0.3 is 10.6 Å². The summed E-state index contributed by atoms with van der Waals surface area (Å²) < 4.78 is 0. The summed E-state index contributed by atoms with van der Waals surface area (Å²) in [6.07, 6.45) is 1.06. The summed E-state index contributed by atoms with van der Waals surface area (Å²) in [6, 6.07) is 0. The van der Waals surface area contributed by atoms with Gasteiger partial charge >= 0.3 is 0 Å². The molecule has 0 saturated carbocycles. The van der Waals surface area contributed by atoms with Crippen molar-refractivity contribution in [2.24, 2.45) is 0 Å². The van der Waals surface area contributed by atoms with Crippen LogP contribution in [0.15, 0.2) is 0 Å². The number of halogens is 1. The lowest BCUT2D eigenvalue weighted by atomic mass is 10.2. The second-order valence-corrected chi connectivity index (χ2v) is 4.02. The summed E-state index contributed by atoms with van der Waals surface area (Å²) in [5, 5.41) is 6.85. The van der Waals surface area contributed by atoms with Crippen molar-refractivity contribution in [3.8, 4) is 0 Å². The van der Waals surface area contributed by atoms with Crippen molar-refractivity contribution in [1.82, 2.24) is 15.3 Å². The zero-order valence-corrected chi connectivity index (χ0v) is 10.9. The Kier molecular flexibility index (Phi) is 5.49. The molecule has 90 valence electrons. The first kappa shape index (κ1) is 13.2. The van der Waals surface area contributed by atoms with Crippen LogP contribution in [0.1, 0.15) is 24.6 Å². The summed E-state index contributed by atoms with van der Waals surface area (Å²) in [6.45, 7) is 8.95. The van der Waals surface area contributed by atoms with Gasteiger partial charge in [-0.3, -0.25) is 0 Å². The van der Waals surface area contributed by atoms with E-state index in [0.29, 0.717) is 5.28 Å². The molecular formula is C11H19ClN4. The average Bonchev–Trinajstić information content (AvgIpc) is 2.24. The molecule has 0 amide bonds. The number of anilines is 1. The zero-order chi connectivity index (χ0) is 12.0. The minimum atomic E-state index is 0.303. The molecule has 1 heterocycles. The number of hydrogen-bond donors (Lipinski definition) is 2. The van der Waals surface area contributed by atoms with Crippen LogP contribution in [-0.2, 0) is 0 Å². The summed E-state index contributed by atoms with van der Waals surface area (Å²) in [5.41, 5.74) is 1.99. The van der Waals surface area contributed by atoms with E-state index in [1.165, 1.54) is 0 Å². The van der Waals surface area contributed by atoms with E-state index in [4.69, 9.17) is 11.6 Å². The minimum Gasteiger partial charge on any atom is -0.370 e. The van der Waals surface area contributed by atoms with E-state index in [9.17, 15) is 0 Å². The van der Waals surface area contributed by atoms with E-state index >= 15 is 0 Å². The maximum absolute atomic E-state index is 5.81. The van der Waals surface area contributed by atoms with Gasteiger partial charge in [-0.25, -0.2) is 9.97 Å². The predicted octanol–water partition coefficient (Wildman–Crippen LogP) is 2.16. The van der Waals surface area contributed by atoms with Crippen molar-refractivity contribution in [3.05, 3.63) is 16.5 Å². The normalized spacial score (nSPS) is 10.5. The highest BCUT2D eigenvalue weighted by atomic mass is 35.5. The Morgan fingerprint density at radius 1 is 1.19 bits per heavy atom. The molecule has 0 aliphatic rings. The Bertz CT molecular complexity index is 341. The van der Waals surface area contributed by atoms with Crippen molar-refractivity contribution in [1.29, 1.82) is 0 Å². The van der Waals surface area contributed by atoms with Gasteiger partial charge in [-0.2, -0.15) is 0 Å². The zero-order valence-electron chi connectivity index (χ0n) is 10.1. The van der Waals surface area contributed by atoms with E-state index in [1.807, 2.05) is 13.8 Å². The maximum Gasteiger partial charge on any atom is 0.224 e. The number of rotatable bonds is 6. The summed E-state index contributed by atoms with van der Waals surface area (Å²) in [4.78, 5) is 8.27. The third-order valence-electron chi connectivity index (χ3n) is 2.43. The lowest BCUT2D eigenvalue weighted by molar-refractivity contribution is 0.687. The van der Waals surface area contributed by atoms with Crippen molar-refractivity contribution < 1.29 is 0 Å². The molecule has 0 bridgehead atoms. The Labute approximate surface area is 102 Å². The molecule has 0 aliphatic carbocycles. The van der Waals surface area contributed by atoms with Crippen LogP contribution in [0, 0.1) is 13.8 Å². The fraction of sp³-hybridized carbons (Fsp3) is 0.636. The van der Waals surface area contributed by atoms with Crippen LogP contribution < -0.4 is 10.6 Å². The first-order valence-electron chi connectivity index (χ1n) is 5.60. The topological polar surface area (TPSA) is 49.8 Å². The van der Waals surface area contributed by atoms with Gasteiger partial charge in [0.05, 0.1) is 0 Å². The van der Waals surface area contributed by atoms with Crippen LogP contribution >= 0.6 is 11.6 Å². The number of nitrogens with zero attached hydrogens (tertiary/aromatic N) is 2. The van der Waals surface area contributed by atoms with Crippen LogP contribution in [0.2, 0.25) is 5.28 Å². The molecule has 4 nitrogen and oxygen atoms in total. The first-order chi connectivity index (χ1) is 7.65. The van der Waals surface area contributed by atoms with E-state index < -0.39 is 0 Å². The van der Waals surface area contributed by atoms with Crippen LogP contribution in [0.25, 0.3) is 0 Å². The van der Waals surface area contributed by atoms with Crippen LogP contribution in [0.5, 0.6) is 0 Å². The fourth-order valence-electron chi connectivity index (χ4n) is 1.36. The highest BCUT2D eigenvalue weighted by molar-refractivity contribution is 6.28. The van der Waals surface area contributed by atoms with Gasteiger partial charge in [0.2, 0.25) is 5.28 Å². The first-order valence-corrected chi connectivity index (χ1v) is 5.98. The lowest BCUT2D eigenvalue weighted by Gasteiger charge is -2.10. The Balaban J connectivity index is 2.47. The van der Waals surface area contributed by atoms with E-state index in [0.717, 1.165) is 43.1 Å². The lowest BCUT2D eigenvalue weighted by Crippen LogP contribution is -2.17. The van der Waals surface area contributed by atoms with Crippen LogP contribution in [0.4, 0.5) is 5.82 Å². The number of aromatic nitrogens is 2. The molecule has 1 aromatic rings. The van der Waals surface area contributed by atoms with Crippen LogP contribution in [-0.4, -0.2) is 29.6 Å². The van der Waals surface area contributed by atoms with Gasteiger partial charge in [-0.05, 0) is 45.0 Å². The van der Waals surface area contributed by atoms with Crippen molar-refractivity contribution >= 4 is 17.4 Å². The van der Waals surface area contributed by atoms with E-state index in [2.05, 4.69) is 27.5 Å². The summed E-state index contributed by atoms with van der Waals surface area (Å²) in [5.74, 6) is 0.842. The number of nitrogens with one attached hydrogen (secondary N) is 2. The monoisotopic (exact) mass is 242 g/mol. The van der Waals surface area contributed by atoms with Gasteiger partial charge in [-0.15, -0.1) is 0 Å². The van der Waals surface area contributed by atoms with Gasteiger partial charge in [0.15, 0.2) is 0 Å². The SMILES string of the molecule is CCNCCCNc1nc(Cl)nc(C)c1C. The summed E-state index contributed by atoms with van der Waals surface area (Å²) >= 11 is 5.81. The van der Waals surface area contributed by atoms with Gasteiger partial charge in [0.1, 0.15) is 5.82 Å². The van der Waals surface area contributed by atoms with Crippen molar-refractivity contribution in [2.45, 2.75) is 27.2 Å². The molecular weight excluding hydrogens is 224 g/mol. The largest absolute Gasteiger partial charge is 0.370 e. The predicted molar refractivity (Wildman–Crippen MR) is 68.2 cm³/mol. The third-order valence-corrected chi connectivity index (χ3v) is 2.60. The molecule has 16 heavy (non-hydrogen) atoms. The summed E-state index contributed by atoms with van der Waals surface area (Å²) in [7, 11) is 0. The van der Waals surface area contributed by atoms with Crippen LogP contribution in [0.3, 0.4) is 0 Å². The van der Waals surface area contributed by atoms with Gasteiger partial charge in [0.25, 0.3) is 0 Å². The second kappa shape index (κ2) is 6.66. The molecule has 2 N–H and O–H groups in total. The second-order valence-electron chi connectivity index (χ2n) is 3.69. The van der Waals surface area contributed by atoms with Gasteiger partial charge in [0, 0.05) is 17.8 Å². The average molecular weight is 243 g/mol. The molecule has 0 saturated heterocycles. The molecule has 0 atom stereocenters. The Hall–Kier alpha value is -0.870. The highest BCUT2D eigenvalue weighted by Gasteiger charge is 2.05. The molecule has 5 heteroatoms. The van der Waals surface area contributed by atoms with Crippen molar-refractivity contribution in [2.75, 3.05) is 25.0 Å². The van der Waals surface area contributed by atoms with E-state index in [1.54, 1.807) is 0 Å². The standard InChI is InChI=1S/C11H19ClN4/c1-4-13-6-5-7-14-10-8(2)9(3)15-11(12)16-10/h13H,4-7H2,1-3H3,(H,14,15,16).